The van der Waals surface area contributed by atoms with Crippen LogP contribution in [0.15, 0.2) is 0 Å². The predicted molar refractivity (Wildman–Crippen MR) is 84.0 cm³/mol. The number of hydrogen-bond donors (Lipinski definition) is 1. The van der Waals surface area contributed by atoms with Crippen molar-refractivity contribution in [2.24, 2.45) is 5.92 Å². The first kappa shape index (κ1) is 17.2. The predicted octanol–water partition coefficient (Wildman–Crippen LogP) is 2.79. The summed E-state index contributed by atoms with van der Waals surface area (Å²) in [6.45, 7) is 12.6. The molecule has 0 atom stereocenters. The SMILES string of the molecule is CCc1nn(CCCOC)c(CC)c1CNCC(C)C. The summed E-state index contributed by atoms with van der Waals surface area (Å²) in [5.41, 5.74) is 4.04. The fraction of sp³-hybridized carbons (Fsp3) is 0.812. The van der Waals surface area contributed by atoms with E-state index in [1.54, 1.807) is 7.11 Å². The summed E-state index contributed by atoms with van der Waals surface area (Å²) in [5.74, 6) is 0.682. The van der Waals surface area contributed by atoms with Gasteiger partial charge in [0.05, 0.1) is 5.69 Å². The Morgan fingerprint density at radius 1 is 1.25 bits per heavy atom. The molecule has 0 aliphatic heterocycles. The monoisotopic (exact) mass is 281 g/mol. The van der Waals surface area contributed by atoms with Crippen LogP contribution in [0.25, 0.3) is 0 Å². The van der Waals surface area contributed by atoms with Gasteiger partial charge in [-0.25, -0.2) is 0 Å². The summed E-state index contributed by atoms with van der Waals surface area (Å²) in [5, 5.41) is 8.34. The van der Waals surface area contributed by atoms with Gasteiger partial charge in [0.2, 0.25) is 0 Å². The molecule has 1 heterocycles. The summed E-state index contributed by atoms with van der Waals surface area (Å²) < 4.78 is 7.32. The third kappa shape index (κ3) is 4.91. The highest BCUT2D eigenvalue weighted by atomic mass is 16.5. The van der Waals surface area contributed by atoms with Crippen LogP contribution in [0, 0.1) is 5.92 Å². The number of nitrogens with one attached hydrogen (secondary N) is 1. The lowest BCUT2D eigenvalue weighted by Crippen LogP contribution is -2.20. The third-order valence-electron chi connectivity index (χ3n) is 3.49. The summed E-state index contributed by atoms with van der Waals surface area (Å²) in [4.78, 5) is 0. The molecular weight excluding hydrogens is 250 g/mol. The minimum Gasteiger partial charge on any atom is -0.385 e. The van der Waals surface area contributed by atoms with E-state index < -0.39 is 0 Å². The number of rotatable bonds is 10. The number of aryl methyl sites for hydroxylation is 2. The number of hydrogen-bond acceptors (Lipinski definition) is 3. The molecule has 0 saturated heterocycles. The Hall–Kier alpha value is -0.870. The Morgan fingerprint density at radius 2 is 2.00 bits per heavy atom. The zero-order chi connectivity index (χ0) is 15.0. The zero-order valence-electron chi connectivity index (χ0n) is 13.8. The molecule has 1 aromatic rings. The average Bonchev–Trinajstić information content (AvgIpc) is 2.76. The molecule has 0 aliphatic carbocycles. The van der Waals surface area contributed by atoms with Gasteiger partial charge in [-0.15, -0.1) is 0 Å². The number of ether oxygens (including phenoxy) is 1. The first-order valence-corrected chi connectivity index (χ1v) is 7.91. The number of aromatic nitrogens is 2. The van der Waals surface area contributed by atoms with Crippen LogP contribution in [0.3, 0.4) is 0 Å². The molecule has 0 amide bonds. The standard InChI is InChI=1S/C16H31N3O/c1-6-15-14(12-17-11-13(3)4)16(7-2)19(18-15)9-8-10-20-5/h13,17H,6-12H2,1-5H3. The molecule has 0 fully saturated rings. The molecule has 0 aromatic carbocycles. The first-order valence-electron chi connectivity index (χ1n) is 7.91. The molecule has 1 N–H and O–H groups in total. The van der Waals surface area contributed by atoms with Crippen LogP contribution in [0.5, 0.6) is 0 Å². The van der Waals surface area contributed by atoms with Gasteiger partial charge in [0, 0.05) is 38.1 Å². The van der Waals surface area contributed by atoms with Gasteiger partial charge in [-0.2, -0.15) is 5.10 Å². The van der Waals surface area contributed by atoms with E-state index in [0.717, 1.165) is 45.5 Å². The van der Waals surface area contributed by atoms with Gasteiger partial charge >= 0.3 is 0 Å². The van der Waals surface area contributed by atoms with Crippen molar-refractivity contribution in [2.45, 2.75) is 60.0 Å². The van der Waals surface area contributed by atoms with E-state index in [2.05, 4.69) is 37.7 Å². The van der Waals surface area contributed by atoms with E-state index in [9.17, 15) is 0 Å². The molecule has 20 heavy (non-hydrogen) atoms. The summed E-state index contributed by atoms with van der Waals surface area (Å²) >= 11 is 0. The second-order valence-electron chi connectivity index (χ2n) is 5.67. The van der Waals surface area contributed by atoms with Crippen molar-refractivity contribution < 1.29 is 4.74 Å². The van der Waals surface area contributed by atoms with Crippen molar-refractivity contribution in [2.75, 3.05) is 20.3 Å². The van der Waals surface area contributed by atoms with Gasteiger partial charge in [0.15, 0.2) is 0 Å². The summed E-state index contributed by atoms with van der Waals surface area (Å²) in [6, 6.07) is 0. The largest absolute Gasteiger partial charge is 0.385 e. The van der Waals surface area contributed by atoms with E-state index in [4.69, 9.17) is 9.84 Å². The molecule has 0 aliphatic rings. The van der Waals surface area contributed by atoms with Crippen molar-refractivity contribution in [1.29, 1.82) is 0 Å². The van der Waals surface area contributed by atoms with E-state index in [-0.39, 0.29) is 0 Å². The lowest BCUT2D eigenvalue weighted by Gasteiger charge is -2.10. The Kier molecular flexibility index (Phi) is 7.85. The average molecular weight is 281 g/mol. The van der Waals surface area contributed by atoms with Crippen molar-refractivity contribution in [3.63, 3.8) is 0 Å². The number of methoxy groups -OCH3 is 1. The molecule has 0 spiro atoms. The van der Waals surface area contributed by atoms with Crippen LogP contribution in [-0.2, 0) is 30.7 Å². The smallest absolute Gasteiger partial charge is 0.0669 e. The van der Waals surface area contributed by atoms with E-state index in [1.165, 1.54) is 17.0 Å². The molecule has 1 aromatic heterocycles. The highest BCUT2D eigenvalue weighted by molar-refractivity contribution is 5.26. The Bertz CT molecular complexity index is 385. The normalized spacial score (nSPS) is 11.5. The molecule has 116 valence electrons. The van der Waals surface area contributed by atoms with E-state index in [0.29, 0.717) is 5.92 Å². The maximum Gasteiger partial charge on any atom is 0.0669 e. The fourth-order valence-electron chi connectivity index (χ4n) is 2.50. The molecular formula is C16H31N3O. The maximum atomic E-state index is 5.14. The van der Waals surface area contributed by atoms with Gasteiger partial charge in [-0.3, -0.25) is 4.68 Å². The zero-order valence-corrected chi connectivity index (χ0v) is 13.8. The Morgan fingerprint density at radius 3 is 2.55 bits per heavy atom. The Balaban J connectivity index is 2.78. The van der Waals surface area contributed by atoms with Gasteiger partial charge < -0.3 is 10.1 Å². The third-order valence-corrected chi connectivity index (χ3v) is 3.49. The van der Waals surface area contributed by atoms with Gasteiger partial charge in [0.1, 0.15) is 0 Å². The topological polar surface area (TPSA) is 39.1 Å². The maximum absolute atomic E-state index is 5.14. The second kappa shape index (κ2) is 9.14. The van der Waals surface area contributed by atoms with Crippen LogP contribution >= 0.6 is 0 Å². The lowest BCUT2D eigenvalue weighted by molar-refractivity contribution is 0.188. The first-order chi connectivity index (χ1) is 9.63. The van der Waals surface area contributed by atoms with Crippen LogP contribution < -0.4 is 5.32 Å². The van der Waals surface area contributed by atoms with Crippen molar-refractivity contribution >= 4 is 0 Å². The Labute approximate surface area is 123 Å². The van der Waals surface area contributed by atoms with Gasteiger partial charge in [0.25, 0.3) is 0 Å². The van der Waals surface area contributed by atoms with E-state index in [1.807, 2.05) is 0 Å². The molecule has 0 unspecified atom stereocenters. The lowest BCUT2D eigenvalue weighted by atomic mass is 10.1. The minimum atomic E-state index is 0.682. The van der Waals surface area contributed by atoms with Gasteiger partial charge in [-0.1, -0.05) is 27.7 Å². The number of nitrogens with zero attached hydrogens (tertiary/aromatic N) is 2. The van der Waals surface area contributed by atoms with Gasteiger partial charge in [-0.05, 0) is 31.7 Å². The van der Waals surface area contributed by atoms with Crippen LogP contribution in [0.2, 0.25) is 0 Å². The second-order valence-corrected chi connectivity index (χ2v) is 5.67. The minimum absolute atomic E-state index is 0.682. The molecule has 0 bridgehead atoms. The summed E-state index contributed by atoms with van der Waals surface area (Å²) in [6.07, 6.45) is 3.06. The molecule has 0 saturated carbocycles. The fourth-order valence-corrected chi connectivity index (χ4v) is 2.50. The van der Waals surface area contributed by atoms with Crippen LogP contribution in [-0.4, -0.2) is 30.0 Å². The quantitative estimate of drug-likeness (QED) is 0.670. The molecule has 1 rings (SSSR count). The van der Waals surface area contributed by atoms with Crippen molar-refractivity contribution in [3.05, 3.63) is 17.0 Å². The highest BCUT2D eigenvalue weighted by Crippen LogP contribution is 2.17. The molecule has 4 nitrogen and oxygen atoms in total. The molecule has 0 radical (unpaired) electrons. The summed E-state index contributed by atoms with van der Waals surface area (Å²) in [7, 11) is 1.75. The van der Waals surface area contributed by atoms with Crippen LogP contribution in [0.4, 0.5) is 0 Å². The van der Waals surface area contributed by atoms with Crippen LogP contribution in [0.1, 0.15) is 51.1 Å². The van der Waals surface area contributed by atoms with E-state index >= 15 is 0 Å². The van der Waals surface area contributed by atoms with Crippen molar-refractivity contribution in [1.82, 2.24) is 15.1 Å². The molecule has 4 heteroatoms. The van der Waals surface area contributed by atoms with Crippen molar-refractivity contribution in [3.8, 4) is 0 Å². The highest BCUT2D eigenvalue weighted by Gasteiger charge is 2.14.